The van der Waals surface area contributed by atoms with Gasteiger partial charge in [0, 0.05) is 0 Å². The van der Waals surface area contributed by atoms with Gasteiger partial charge in [-0.25, -0.2) is 0 Å². The predicted octanol–water partition coefficient (Wildman–Crippen LogP) is 5.23. The maximum Gasteiger partial charge on any atom is -0.00257 e. The topological polar surface area (TPSA) is 0 Å². The molecule has 0 heterocycles. The zero-order valence-corrected chi connectivity index (χ0v) is 12.2. The van der Waals surface area contributed by atoms with Crippen molar-refractivity contribution in [2.75, 3.05) is 0 Å². The lowest BCUT2D eigenvalue weighted by atomic mass is 10.00. The van der Waals surface area contributed by atoms with E-state index in [1.54, 1.807) is 0 Å². The summed E-state index contributed by atoms with van der Waals surface area (Å²) in [6.07, 6.45) is 1.03. The van der Waals surface area contributed by atoms with Gasteiger partial charge in [0.25, 0.3) is 0 Å². The second kappa shape index (κ2) is 7.00. The molecule has 0 heteroatoms. The Morgan fingerprint density at radius 2 is 1.22 bits per heavy atom. The lowest BCUT2D eigenvalue weighted by Gasteiger charge is -2.06. The fourth-order valence-corrected chi connectivity index (χ4v) is 1.86. The van der Waals surface area contributed by atoms with E-state index in [4.69, 9.17) is 0 Å². The van der Waals surface area contributed by atoms with Crippen molar-refractivity contribution >= 4 is 0 Å². The highest BCUT2D eigenvalue weighted by Gasteiger charge is 1.98. The van der Waals surface area contributed by atoms with Crippen molar-refractivity contribution in [3.05, 3.63) is 70.3 Å². The van der Waals surface area contributed by atoms with E-state index in [2.05, 4.69) is 63.2 Å². The molecule has 0 saturated heterocycles. The highest BCUT2D eigenvalue weighted by Crippen LogP contribution is 2.14. The van der Waals surface area contributed by atoms with Crippen LogP contribution >= 0.6 is 0 Å². The van der Waals surface area contributed by atoms with E-state index in [-0.39, 0.29) is 0 Å². The monoisotopic (exact) mass is 240 g/mol. The SMILES string of the molecule is CC.Cc1ccc(Cc2ccc(C)c(C)c2)cc1. The minimum Gasteiger partial charge on any atom is -0.0683 e. The minimum absolute atomic E-state index is 1.03. The summed E-state index contributed by atoms with van der Waals surface area (Å²) in [7, 11) is 0. The first kappa shape index (κ1) is 14.5. The van der Waals surface area contributed by atoms with Crippen LogP contribution in [-0.2, 0) is 6.42 Å². The van der Waals surface area contributed by atoms with Crippen molar-refractivity contribution in [2.45, 2.75) is 41.0 Å². The van der Waals surface area contributed by atoms with Crippen LogP contribution in [0.2, 0.25) is 0 Å². The first-order valence-corrected chi connectivity index (χ1v) is 6.77. The average molecular weight is 240 g/mol. The second-order valence-corrected chi connectivity index (χ2v) is 4.58. The average Bonchev–Trinajstić information content (AvgIpc) is 2.39. The molecule has 0 aromatic heterocycles. The molecule has 0 nitrogen and oxygen atoms in total. The molecule has 2 aromatic carbocycles. The van der Waals surface area contributed by atoms with E-state index in [9.17, 15) is 0 Å². The Balaban J connectivity index is 0.000000771. The van der Waals surface area contributed by atoms with Crippen molar-refractivity contribution in [3.63, 3.8) is 0 Å². The van der Waals surface area contributed by atoms with E-state index in [1.807, 2.05) is 13.8 Å². The van der Waals surface area contributed by atoms with Crippen molar-refractivity contribution in [3.8, 4) is 0 Å². The standard InChI is InChI=1S/C16H18.C2H6/c1-12-4-7-15(8-5-12)11-16-9-6-13(2)14(3)10-16;1-2/h4-10H,11H2,1-3H3;1-2H3. The maximum atomic E-state index is 2.29. The molecule has 0 spiro atoms. The van der Waals surface area contributed by atoms with Gasteiger partial charge in [0.15, 0.2) is 0 Å². The fraction of sp³-hybridized carbons (Fsp3) is 0.333. The van der Waals surface area contributed by atoms with E-state index >= 15 is 0 Å². The second-order valence-electron chi connectivity index (χ2n) is 4.58. The molecule has 2 aromatic rings. The third-order valence-electron chi connectivity index (χ3n) is 3.10. The van der Waals surface area contributed by atoms with Crippen LogP contribution < -0.4 is 0 Å². The maximum absolute atomic E-state index is 2.29. The smallest absolute Gasteiger partial charge is 0.00257 e. The van der Waals surface area contributed by atoms with Gasteiger partial charge in [-0.15, -0.1) is 0 Å². The Hall–Kier alpha value is -1.56. The number of hydrogen-bond acceptors (Lipinski definition) is 0. The lowest BCUT2D eigenvalue weighted by molar-refractivity contribution is 1.16. The molecule has 0 atom stereocenters. The first-order chi connectivity index (χ1) is 8.65. The molecule has 0 aliphatic heterocycles. The molecule has 0 radical (unpaired) electrons. The summed E-state index contributed by atoms with van der Waals surface area (Å²) in [4.78, 5) is 0. The van der Waals surface area contributed by atoms with E-state index in [0.29, 0.717) is 0 Å². The van der Waals surface area contributed by atoms with Gasteiger partial charge >= 0.3 is 0 Å². The zero-order chi connectivity index (χ0) is 13.5. The van der Waals surface area contributed by atoms with Crippen LogP contribution in [0.15, 0.2) is 42.5 Å². The van der Waals surface area contributed by atoms with Crippen molar-refractivity contribution < 1.29 is 0 Å². The van der Waals surface area contributed by atoms with Crippen LogP contribution in [0.4, 0.5) is 0 Å². The van der Waals surface area contributed by atoms with Gasteiger partial charge in [0.1, 0.15) is 0 Å². The normalized spacial score (nSPS) is 9.61. The minimum atomic E-state index is 1.03. The molecule has 0 bridgehead atoms. The summed E-state index contributed by atoms with van der Waals surface area (Å²) in [5.41, 5.74) is 6.85. The van der Waals surface area contributed by atoms with Gasteiger partial charge in [-0.1, -0.05) is 61.9 Å². The van der Waals surface area contributed by atoms with Crippen LogP contribution in [0.1, 0.15) is 41.7 Å². The van der Waals surface area contributed by atoms with Gasteiger partial charge in [-0.3, -0.25) is 0 Å². The Morgan fingerprint density at radius 3 is 1.78 bits per heavy atom. The third kappa shape index (κ3) is 4.03. The Morgan fingerprint density at radius 1 is 0.667 bits per heavy atom. The summed E-state index contributed by atoms with van der Waals surface area (Å²) in [6.45, 7) is 10.5. The quantitative estimate of drug-likeness (QED) is 0.674. The molecule has 2 rings (SSSR count). The van der Waals surface area contributed by atoms with Crippen LogP contribution in [0.5, 0.6) is 0 Å². The summed E-state index contributed by atoms with van der Waals surface area (Å²) in [6, 6.07) is 15.5. The zero-order valence-electron chi connectivity index (χ0n) is 12.2. The Bertz CT molecular complexity index is 478. The fourth-order valence-electron chi connectivity index (χ4n) is 1.86. The Labute approximate surface area is 112 Å². The van der Waals surface area contributed by atoms with Gasteiger partial charge < -0.3 is 0 Å². The van der Waals surface area contributed by atoms with Gasteiger partial charge in [0.2, 0.25) is 0 Å². The summed E-state index contributed by atoms with van der Waals surface area (Å²) >= 11 is 0. The van der Waals surface area contributed by atoms with E-state index in [1.165, 1.54) is 27.8 Å². The summed E-state index contributed by atoms with van der Waals surface area (Å²) < 4.78 is 0. The lowest BCUT2D eigenvalue weighted by Crippen LogP contribution is -1.90. The van der Waals surface area contributed by atoms with E-state index in [0.717, 1.165) is 6.42 Å². The van der Waals surface area contributed by atoms with Crippen LogP contribution in [0, 0.1) is 20.8 Å². The van der Waals surface area contributed by atoms with E-state index < -0.39 is 0 Å². The van der Waals surface area contributed by atoms with Crippen molar-refractivity contribution in [2.24, 2.45) is 0 Å². The van der Waals surface area contributed by atoms with Crippen molar-refractivity contribution in [1.29, 1.82) is 0 Å². The molecule has 0 N–H and O–H groups in total. The highest BCUT2D eigenvalue weighted by atomic mass is 14.0. The largest absolute Gasteiger partial charge is 0.0683 e. The van der Waals surface area contributed by atoms with Gasteiger partial charge in [0.05, 0.1) is 0 Å². The third-order valence-corrected chi connectivity index (χ3v) is 3.10. The molecule has 0 aliphatic rings. The van der Waals surface area contributed by atoms with Gasteiger partial charge in [-0.05, 0) is 49.4 Å². The highest BCUT2D eigenvalue weighted by molar-refractivity contribution is 5.34. The molecule has 0 aliphatic carbocycles. The summed E-state index contributed by atoms with van der Waals surface area (Å²) in [5.74, 6) is 0. The number of aryl methyl sites for hydroxylation is 3. The molecular formula is C18H24. The molecule has 18 heavy (non-hydrogen) atoms. The summed E-state index contributed by atoms with van der Waals surface area (Å²) in [5, 5.41) is 0. The number of rotatable bonds is 2. The molecule has 0 saturated carbocycles. The van der Waals surface area contributed by atoms with Gasteiger partial charge in [-0.2, -0.15) is 0 Å². The van der Waals surface area contributed by atoms with Crippen LogP contribution in [0.25, 0.3) is 0 Å². The van der Waals surface area contributed by atoms with Crippen LogP contribution in [0.3, 0.4) is 0 Å². The van der Waals surface area contributed by atoms with Crippen LogP contribution in [-0.4, -0.2) is 0 Å². The molecule has 0 amide bonds. The van der Waals surface area contributed by atoms with Crippen molar-refractivity contribution in [1.82, 2.24) is 0 Å². The molecule has 0 unspecified atom stereocenters. The molecule has 96 valence electrons. The number of benzene rings is 2. The number of hydrogen-bond donors (Lipinski definition) is 0. The predicted molar refractivity (Wildman–Crippen MR) is 81.2 cm³/mol. The first-order valence-electron chi connectivity index (χ1n) is 6.77. The Kier molecular flexibility index (Phi) is 5.64. The molecule has 0 fully saturated rings. The molecular weight excluding hydrogens is 216 g/mol.